The zero-order chi connectivity index (χ0) is 12.6. The number of ether oxygens (including phenoxy) is 1. The molecular weight excluding hydrogens is 290 g/mol. The van der Waals surface area contributed by atoms with E-state index in [0.29, 0.717) is 10.9 Å². The van der Waals surface area contributed by atoms with Gasteiger partial charge in [-0.2, -0.15) is 0 Å². The third-order valence-corrected chi connectivity index (χ3v) is 2.83. The lowest BCUT2D eigenvalue weighted by Crippen LogP contribution is -2.19. The summed E-state index contributed by atoms with van der Waals surface area (Å²) in [6.45, 7) is 0. The number of hydrogen-bond donors (Lipinski definition) is 2. The number of benzene rings is 1. The van der Waals surface area contributed by atoms with Gasteiger partial charge in [0.15, 0.2) is 5.56 Å². The van der Waals surface area contributed by atoms with E-state index < -0.39 is 17.1 Å². The molecule has 1 aromatic carbocycles. The van der Waals surface area contributed by atoms with E-state index in [1.165, 1.54) is 0 Å². The van der Waals surface area contributed by atoms with Crippen LogP contribution in [0.2, 0.25) is 0 Å². The van der Waals surface area contributed by atoms with Crippen molar-refractivity contribution in [3.63, 3.8) is 0 Å². The maximum Gasteiger partial charge on any atom is 0.347 e. The van der Waals surface area contributed by atoms with E-state index in [1.807, 2.05) is 0 Å². The minimum atomic E-state index is -0.870. The summed E-state index contributed by atoms with van der Waals surface area (Å²) in [7, 11) is 1.15. The zero-order valence-corrected chi connectivity index (χ0v) is 10.4. The lowest BCUT2D eigenvalue weighted by atomic mass is 10.1. The first-order valence-corrected chi connectivity index (χ1v) is 5.46. The number of pyridine rings is 1. The van der Waals surface area contributed by atoms with Gasteiger partial charge in [0.25, 0.3) is 5.56 Å². The molecule has 0 aliphatic carbocycles. The van der Waals surface area contributed by atoms with Crippen molar-refractivity contribution in [2.75, 3.05) is 7.11 Å². The molecule has 1 aromatic heterocycles. The van der Waals surface area contributed by atoms with E-state index in [4.69, 9.17) is 0 Å². The molecule has 0 atom stereocenters. The van der Waals surface area contributed by atoms with Crippen LogP contribution in [-0.2, 0) is 4.74 Å². The predicted octanol–water partition coefficient (Wildman–Crippen LogP) is 1.78. The van der Waals surface area contributed by atoms with Crippen molar-refractivity contribution in [3.8, 4) is 5.75 Å². The first kappa shape index (κ1) is 11.7. The number of carbonyl (C=O) groups is 1. The summed E-state index contributed by atoms with van der Waals surface area (Å²) < 4.78 is 5.17. The molecule has 0 spiro atoms. The Balaban J connectivity index is 2.87. The quantitative estimate of drug-likeness (QED) is 0.787. The maximum atomic E-state index is 11.6. The van der Waals surface area contributed by atoms with Gasteiger partial charge in [-0.05, 0) is 18.2 Å². The van der Waals surface area contributed by atoms with Gasteiger partial charge in [-0.25, -0.2) is 4.79 Å². The van der Waals surface area contributed by atoms with E-state index in [-0.39, 0.29) is 5.75 Å². The van der Waals surface area contributed by atoms with Gasteiger partial charge < -0.3 is 14.8 Å². The number of halogens is 1. The number of aromatic amines is 1. The molecule has 0 amide bonds. The molecule has 88 valence electrons. The van der Waals surface area contributed by atoms with Crippen molar-refractivity contribution in [1.29, 1.82) is 0 Å². The highest BCUT2D eigenvalue weighted by Crippen LogP contribution is 2.27. The van der Waals surface area contributed by atoms with Crippen molar-refractivity contribution in [3.05, 3.63) is 38.6 Å². The highest BCUT2D eigenvalue weighted by molar-refractivity contribution is 9.10. The molecule has 0 unspecified atom stereocenters. The van der Waals surface area contributed by atoms with Gasteiger partial charge in [0, 0.05) is 9.86 Å². The Morgan fingerprint density at radius 1 is 1.47 bits per heavy atom. The monoisotopic (exact) mass is 297 g/mol. The van der Waals surface area contributed by atoms with Crippen LogP contribution >= 0.6 is 15.9 Å². The topological polar surface area (TPSA) is 79.4 Å². The van der Waals surface area contributed by atoms with Gasteiger partial charge in [0.1, 0.15) is 5.75 Å². The second-order valence-corrected chi connectivity index (χ2v) is 4.27. The molecule has 0 aliphatic rings. The van der Waals surface area contributed by atoms with Crippen LogP contribution in [0, 0.1) is 0 Å². The first-order chi connectivity index (χ1) is 8.04. The number of fused-ring (bicyclic) bond motifs is 1. The molecule has 2 aromatic rings. The molecule has 0 bridgehead atoms. The van der Waals surface area contributed by atoms with Gasteiger partial charge in [0.05, 0.1) is 12.6 Å². The summed E-state index contributed by atoms with van der Waals surface area (Å²) in [5.41, 5.74) is -0.620. The van der Waals surface area contributed by atoms with Crippen molar-refractivity contribution in [2.24, 2.45) is 0 Å². The van der Waals surface area contributed by atoms with Gasteiger partial charge >= 0.3 is 5.97 Å². The average molecular weight is 298 g/mol. The van der Waals surface area contributed by atoms with E-state index in [2.05, 4.69) is 25.7 Å². The van der Waals surface area contributed by atoms with Crippen LogP contribution in [0.3, 0.4) is 0 Å². The van der Waals surface area contributed by atoms with E-state index in [0.717, 1.165) is 11.6 Å². The second-order valence-electron chi connectivity index (χ2n) is 3.36. The third kappa shape index (κ3) is 1.91. The van der Waals surface area contributed by atoms with Gasteiger partial charge in [-0.3, -0.25) is 4.79 Å². The van der Waals surface area contributed by atoms with Gasteiger partial charge in [-0.15, -0.1) is 0 Å². The number of methoxy groups -OCH3 is 1. The molecule has 1 heterocycles. The lowest BCUT2D eigenvalue weighted by molar-refractivity contribution is 0.0595. The Kier molecular flexibility index (Phi) is 2.89. The SMILES string of the molecule is COC(=O)c1c(O)c2cc(Br)ccc2[nH]c1=O. The minimum absolute atomic E-state index is 0.374. The van der Waals surface area contributed by atoms with Crippen LogP contribution in [0.4, 0.5) is 0 Å². The van der Waals surface area contributed by atoms with Crippen molar-refractivity contribution in [2.45, 2.75) is 0 Å². The molecule has 0 saturated carbocycles. The molecule has 17 heavy (non-hydrogen) atoms. The maximum absolute atomic E-state index is 11.6. The first-order valence-electron chi connectivity index (χ1n) is 4.67. The van der Waals surface area contributed by atoms with Crippen LogP contribution < -0.4 is 5.56 Å². The number of H-pyrrole nitrogens is 1. The molecule has 5 nitrogen and oxygen atoms in total. The van der Waals surface area contributed by atoms with Gasteiger partial charge in [-0.1, -0.05) is 15.9 Å². The smallest absolute Gasteiger partial charge is 0.347 e. The van der Waals surface area contributed by atoms with Crippen LogP contribution in [0.15, 0.2) is 27.5 Å². The Bertz CT molecular complexity index is 662. The van der Waals surface area contributed by atoms with Crippen molar-refractivity contribution < 1.29 is 14.6 Å². The number of esters is 1. The number of aromatic hydroxyl groups is 1. The minimum Gasteiger partial charge on any atom is -0.506 e. The third-order valence-electron chi connectivity index (χ3n) is 2.34. The van der Waals surface area contributed by atoms with Crippen molar-refractivity contribution in [1.82, 2.24) is 4.98 Å². The fourth-order valence-electron chi connectivity index (χ4n) is 1.54. The number of aromatic nitrogens is 1. The number of nitrogens with one attached hydrogen (secondary N) is 1. The Morgan fingerprint density at radius 2 is 2.18 bits per heavy atom. The van der Waals surface area contributed by atoms with E-state index in [9.17, 15) is 14.7 Å². The summed E-state index contributed by atoms with van der Waals surface area (Å²) in [6, 6.07) is 4.95. The molecule has 0 saturated heterocycles. The molecular formula is C11H8BrNO4. The van der Waals surface area contributed by atoms with Crippen LogP contribution in [0.1, 0.15) is 10.4 Å². The summed E-state index contributed by atoms with van der Waals surface area (Å²) in [4.78, 5) is 25.5. The Hall–Kier alpha value is -1.82. The average Bonchev–Trinajstić information content (AvgIpc) is 2.30. The summed E-state index contributed by atoms with van der Waals surface area (Å²) in [5.74, 6) is -1.25. The summed E-state index contributed by atoms with van der Waals surface area (Å²) in [5, 5.41) is 10.3. The number of hydrogen-bond acceptors (Lipinski definition) is 4. The normalized spacial score (nSPS) is 10.5. The van der Waals surface area contributed by atoms with Gasteiger partial charge in [0.2, 0.25) is 0 Å². The predicted molar refractivity (Wildman–Crippen MR) is 65.3 cm³/mol. The van der Waals surface area contributed by atoms with E-state index >= 15 is 0 Å². The number of carbonyl (C=O) groups excluding carboxylic acids is 1. The highest BCUT2D eigenvalue weighted by atomic mass is 79.9. The number of rotatable bonds is 1. The molecule has 0 fully saturated rings. The zero-order valence-electron chi connectivity index (χ0n) is 8.78. The van der Waals surface area contributed by atoms with Crippen molar-refractivity contribution >= 4 is 32.8 Å². The molecule has 2 rings (SSSR count). The van der Waals surface area contributed by atoms with Crippen LogP contribution in [0.25, 0.3) is 10.9 Å². The Morgan fingerprint density at radius 3 is 2.82 bits per heavy atom. The molecule has 6 heteroatoms. The summed E-state index contributed by atoms with van der Waals surface area (Å²) >= 11 is 3.24. The highest BCUT2D eigenvalue weighted by Gasteiger charge is 2.19. The van der Waals surface area contributed by atoms with Crippen LogP contribution in [-0.4, -0.2) is 23.2 Å². The molecule has 2 N–H and O–H groups in total. The fourth-order valence-corrected chi connectivity index (χ4v) is 1.90. The molecule has 0 radical (unpaired) electrons. The van der Waals surface area contributed by atoms with E-state index in [1.54, 1.807) is 18.2 Å². The standard InChI is InChI=1S/C11H8BrNO4/c1-17-11(16)8-9(14)6-4-5(12)2-3-7(6)13-10(8)15/h2-4H,1H3,(H2,13,14,15). The molecule has 0 aliphatic heterocycles. The van der Waals surface area contributed by atoms with Crippen LogP contribution in [0.5, 0.6) is 5.75 Å². The Labute approximate surface area is 104 Å². The summed E-state index contributed by atoms with van der Waals surface area (Å²) in [6.07, 6.45) is 0. The lowest BCUT2D eigenvalue weighted by Gasteiger charge is -2.06. The largest absolute Gasteiger partial charge is 0.506 e. The second kappa shape index (κ2) is 4.21. The fraction of sp³-hybridized carbons (Fsp3) is 0.0909.